The van der Waals surface area contributed by atoms with Crippen LogP contribution in [0.15, 0.2) is 42.5 Å². The second-order valence-electron chi connectivity index (χ2n) is 4.61. The number of para-hydroxylation sites is 2. The number of aliphatic hydroxyl groups excluding tert-OH is 1. The minimum absolute atomic E-state index is 0.363. The standard InChI is InChI=1S/C16H18FNO2/c1-11(19)13-10-12(17)8-9-14(13)18(2)15-6-4-5-7-16(15)20-3/h4-11,19H,1-3H3/t11-/m1/s1. The van der Waals surface area contributed by atoms with Crippen molar-refractivity contribution in [3.8, 4) is 5.75 Å². The number of nitrogens with zero attached hydrogens (tertiary/aromatic N) is 1. The van der Waals surface area contributed by atoms with Crippen LogP contribution in [0.3, 0.4) is 0 Å². The van der Waals surface area contributed by atoms with Crippen LogP contribution in [0.1, 0.15) is 18.6 Å². The highest BCUT2D eigenvalue weighted by atomic mass is 19.1. The first-order chi connectivity index (χ1) is 9.54. The van der Waals surface area contributed by atoms with Crippen molar-refractivity contribution in [2.45, 2.75) is 13.0 Å². The molecule has 0 aliphatic rings. The van der Waals surface area contributed by atoms with E-state index in [4.69, 9.17) is 4.74 Å². The third kappa shape index (κ3) is 2.75. The molecule has 0 bridgehead atoms. The lowest BCUT2D eigenvalue weighted by atomic mass is 10.1. The fourth-order valence-electron chi connectivity index (χ4n) is 2.20. The van der Waals surface area contributed by atoms with Crippen LogP contribution in [-0.2, 0) is 0 Å². The molecule has 4 heteroatoms. The maximum atomic E-state index is 13.4. The van der Waals surface area contributed by atoms with Crippen LogP contribution in [0.5, 0.6) is 5.75 Å². The molecule has 1 atom stereocenters. The van der Waals surface area contributed by atoms with Gasteiger partial charge in [-0.2, -0.15) is 0 Å². The Labute approximate surface area is 118 Å². The van der Waals surface area contributed by atoms with E-state index in [1.54, 1.807) is 20.1 Å². The molecule has 106 valence electrons. The Bertz CT molecular complexity index is 599. The van der Waals surface area contributed by atoms with Gasteiger partial charge in [-0.1, -0.05) is 12.1 Å². The minimum atomic E-state index is -0.752. The highest BCUT2D eigenvalue weighted by molar-refractivity contribution is 5.71. The van der Waals surface area contributed by atoms with E-state index in [1.165, 1.54) is 12.1 Å². The third-order valence-corrected chi connectivity index (χ3v) is 3.25. The van der Waals surface area contributed by atoms with Crippen molar-refractivity contribution in [1.29, 1.82) is 0 Å². The highest BCUT2D eigenvalue weighted by Crippen LogP contribution is 2.36. The first kappa shape index (κ1) is 14.3. The van der Waals surface area contributed by atoms with Gasteiger partial charge in [-0.3, -0.25) is 0 Å². The molecule has 0 aliphatic heterocycles. The number of hydrogen-bond acceptors (Lipinski definition) is 3. The molecule has 2 aromatic rings. The van der Waals surface area contributed by atoms with Gasteiger partial charge in [0.2, 0.25) is 0 Å². The van der Waals surface area contributed by atoms with Gasteiger partial charge in [-0.25, -0.2) is 4.39 Å². The zero-order chi connectivity index (χ0) is 14.7. The van der Waals surface area contributed by atoms with E-state index in [0.29, 0.717) is 5.56 Å². The van der Waals surface area contributed by atoms with Gasteiger partial charge in [0.05, 0.1) is 18.9 Å². The van der Waals surface area contributed by atoms with Gasteiger partial charge in [-0.05, 0) is 37.3 Å². The zero-order valence-corrected chi connectivity index (χ0v) is 11.8. The van der Waals surface area contributed by atoms with Crippen LogP contribution in [-0.4, -0.2) is 19.3 Å². The lowest BCUT2D eigenvalue weighted by Gasteiger charge is -2.25. The van der Waals surface area contributed by atoms with Crippen LogP contribution in [0, 0.1) is 5.82 Å². The summed E-state index contributed by atoms with van der Waals surface area (Å²) in [6.45, 7) is 1.62. The molecule has 0 amide bonds. The van der Waals surface area contributed by atoms with E-state index >= 15 is 0 Å². The third-order valence-electron chi connectivity index (χ3n) is 3.25. The number of benzene rings is 2. The summed E-state index contributed by atoms with van der Waals surface area (Å²) in [6, 6.07) is 11.9. The van der Waals surface area contributed by atoms with E-state index < -0.39 is 6.10 Å². The summed E-state index contributed by atoms with van der Waals surface area (Å²) in [6.07, 6.45) is -0.752. The Morgan fingerprint density at radius 3 is 2.50 bits per heavy atom. The normalized spacial score (nSPS) is 12.1. The van der Waals surface area contributed by atoms with Gasteiger partial charge in [0, 0.05) is 18.3 Å². The molecule has 0 aromatic heterocycles. The Morgan fingerprint density at radius 2 is 1.85 bits per heavy atom. The van der Waals surface area contributed by atoms with Gasteiger partial charge in [0.15, 0.2) is 0 Å². The van der Waals surface area contributed by atoms with Gasteiger partial charge < -0.3 is 14.7 Å². The molecule has 0 spiro atoms. The van der Waals surface area contributed by atoms with Crippen molar-refractivity contribution in [3.05, 3.63) is 53.8 Å². The summed E-state index contributed by atoms with van der Waals surface area (Å²) in [4.78, 5) is 1.88. The number of hydrogen-bond donors (Lipinski definition) is 1. The van der Waals surface area contributed by atoms with E-state index in [9.17, 15) is 9.50 Å². The Morgan fingerprint density at radius 1 is 1.15 bits per heavy atom. The van der Waals surface area contributed by atoms with Crippen molar-refractivity contribution in [2.75, 3.05) is 19.1 Å². The summed E-state index contributed by atoms with van der Waals surface area (Å²) in [5.41, 5.74) is 2.13. The van der Waals surface area contributed by atoms with Gasteiger partial charge in [0.25, 0.3) is 0 Å². The number of aliphatic hydroxyl groups is 1. The summed E-state index contributed by atoms with van der Waals surface area (Å²) < 4.78 is 18.7. The molecule has 0 saturated heterocycles. The Kier molecular flexibility index (Phi) is 4.25. The average molecular weight is 275 g/mol. The lowest BCUT2D eigenvalue weighted by molar-refractivity contribution is 0.199. The molecular formula is C16H18FNO2. The van der Waals surface area contributed by atoms with E-state index in [0.717, 1.165) is 17.1 Å². The van der Waals surface area contributed by atoms with Gasteiger partial charge >= 0.3 is 0 Å². The largest absolute Gasteiger partial charge is 0.495 e. The molecule has 2 aromatic carbocycles. The SMILES string of the molecule is COc1ccccc1N(C)c1ccc(F)cc1[C@@H](C)O. The van der Waals surface area contributed by atoms with Crippen molar-refractivity contribution >= 4 is 11.4 Å². The van der Waals surface area contributed by atoms with Gasteiger partial charge in [0.1, 0.15) is 11.6 Å². The van der Waals surface area contributed by atoms with Crippen molar-refractivity contribution in [2.24, 2.45) is 0 Å². The molecular weight excluding hydrogens is 257 g/mol. The Hall–Kier alpha value is -2.07. The van der Waals surface area contributed by atoms with Crippen LogP contribution in [0.25, 0.3) is 0 Å². The second-order valence-corrected chi connectivity index (χ2v) is 4.61. The summed E-state index contributed by atoms with van der Waals surface area (Å²) in [5, 5.41) is 9.83. The number of methoxy groups -OCH3 is 1. The predicted octanol–water partition coefficient (Wildman–Crippen LogP) is 3.66. The van der Waals surface area contributed by atoms with Crippen LogP contribution in [0.2, 0.25) is 0 Å². The van der Waals surface area contributed by atoms with Crippen LogP contribution < -0.4 is 9.64 Å². The summed E-state index contributed by atoms with van der Waals surface area (Å²) in [5.74, 6) is 0.356. The topological polar surface area (TPSA) is 32.7 Å². The van der Waals surface area contributed by atoms with Crippen LogP contribution >= 0.6 is 0 Å². The number of anilines is 2. The predicted molar refractivity (Wildman–Crippen MR) is 78.1 cm³/mol. The lowest BCUT2D eigenvalue weighted by Crippen LogP contribution is -2.14. The molecule has 0 fully saturated rings. The highest BCUT2D eigenvalue weighted by Gasteiger charge is 2.16. The van der Waals surface area contributed by atoms with Crippen LogP contribution in [0.4, 0.5) is 15.8 Å². The second kappa shape index (κ2) is 5.92. The smallest absolute Gasteiger partial charge is 0.142 e. The van der Waals surface area contributed by atoms with Gasteiger partial charge in [-0.15, -0.1) is 0 Å². The minimum Gasteiger partial charge on any atom is -0.495 e. The number of rotatable bonds is 4. The molecule has 20 heavy (non-hydrogen) atoms. The van der Waals surface area contributed by atoms with Crippen molar-refractivity contribution in [1.82, 2.24) is 0 Å². The fraction of sp³-hybridized carbons (Fsp3) is 0.250. The maximum Gasteiger partial charge on any atom is 0.142 e. The van der Waals surface area contributed by atoms with Crippen molar-refractivity contribution in [3.63, 3.8) is 0 Å². The molecule has 0 saturated carbocycles. The van der Waals surface area contributed by atoms with Crippen molar-refractivity contribution < 1.29 is 14.2 Å². The molecule has 0 aliphatic carbocycles. The quantitative estimate of drug-likeness (QED) is 0.924. The zero-order valence-electron chi connectivity index (χ0n) is 11.8. The summed E-state index contributed by atoms with van der Waals surface area (Å²) in [7, 11) is 3.46. The van der Waals surface area contributed by atoms with E-state index in [2.05, 4.69) is 0 Å². The molecule has 0 radical (unpaired) electrons. The molecule has 1 N–H and O–H groups in total. The summed E-state index contributed by atoms with van der Waals surface area (Å²) >= 11 is 0. The monoisotopic (exact) mass is 275 g/mol. The maximum absolute atomic E-state index is 13.4. The molecule has 0 heterocycles. The molecule has 2 rings (SSSR count). The average Bonchev–Trinajstić information content (AvgIpc) is 2.46. The van der Waals surface area contributed by atoms with E-state index in [-0.39, 0.29) is 5.82 Å². The number of halogens is 1. The first-order valence-corrected chi connectivity index (χ1v) is 6.39. The first-order valence-electron chi connectivity index (χ1n) is 6.39. The molecule has 0 unspecified atom stereocenters. The molecule has 3 nitrogen and oxygen atoms in total. The fourth-order valence-corrected chi connectivity index (χ4v) is 2.20. The van der Waals surface area contributed by atoms with E-state index in [1.807, 2.05) is 36.2 Å². The Balaban J connectivity index is 2.50. The number of ether oxygens (including phenoxy) is 1.